The largest absolute Gasteiger partial charge is 0.0919 e. The minimum absolute atomic E-state index is 0.170. The Balaban J connectivity index is -0.00000107. The summed E-state index contributed by atoms with van der Waals surface area (Å²) in [5.41, 5.74) is 27.5. The van der Waals surface area contributed by atoms with Gasteiger partial charge in [0.05, 0.1) is 0 Å². The molecule has 0 N–H and O–H groups in total. The summed E-state index contributed by atoms with van der Waals surface area (Å²) >= 11 is 0. The molecular weight excluding hydrogens is 1020 g/mol. The van der Waals surface area contributed by atoms with Crippen molar-refractivity contribution in [3.8, 4) is 33.4 Å². The molecule has 6 aromatic carbocycles. The van der Waals surface area contributed by atoms with Crippen LogP contribution in [0.4, 0.5) is 0 Å². The lowest BCUT2D eigenvalue weighted by Gasteiger charge is -2.24. The predicted octanol–water partition coefficient (Wildman–Crippen LogP) is 28.5. The Bertz CT molecular complexity index is 2860. The molecule has 0 spiro atoms. The summed E-state index contributed by atoms with van der Waals surface area (Å²) in [6, 6.07) is 44.6. The van der Waals surface area contributed by atoms with Gasteiger partial charge >= 0.3 is 0 Å². The van der Waals surface area contributed by atoms with Gasteiger partial charge in [-0.2, -0.15) is 0 Å². The number of hydrogen-bond acceptors (Lipinski definition) is 0. The quantitative estimate of drug-likeness (QED) is 0.0799. The van der Waals surface area contributed by atoms with E-state index in [1.165, 1.54) is 137 Å². The first-order chi connectivity index (χ1) is 40.6. The molecule has 0 saturated heterocycles. The standard InChI is InChI=1S/C32H38.C18H22.C14H18.C6H12.C4H10.C4H8.C3H8.2C2H6/c1-8-13-23(5)26(10-3)28-16-12-17-29(25(28)7)32-21-22(4)19-20-31(32)30-18-11-15-24(6)27(30)14-9-2;1-13-10-11-16(17(12-13)18(3,4)5)15-9-7-6-8-14(15)2;1-4-6-13(7-5-2)14-10-8-12(3)9-11-14;1-4-6(3)5-2;2*1-3-4-2;1-3-2;2*1-2/h8,11-13,15-21H,9-10,14H2,1-7H3;6-12H,1-5H3;4,6-11H,5H2,1-3H3;4H,5H2,1-3H3;3-4H2,1-2H3;3-4H,1-2H3;3H2,1-2H3;2*1-2H3/b13-8-,26-23+;;6-4-,13-7+;6-4+;;4-3-;;;. The van der Waals surface area contributed by atoms with Crippen molar-refractivity contribution in [3.05, 3.63) is 237 Å². The molecule has 0 aliphatic heterocycles. The molecule has 6 aromatic rings. The van der Waals surface area contributed by atoms with Crippen LogP contribution < -0.4 is 0 Å². The van der Waals surface area contributed by atoms with Crippen molar-refractivity contribution in [2.45, 2.75) is 251 Å². The van der Waals surface area contributed by atoms with Crippen molar-refractivity contribution >= 4 is 11.1 Å². The summed E-state index contributed by atoms with van der Waals surface area (Å²) in [6.45, 7) is 60.1. The van der Waals surface area contributed by atoms with E-state index in [-0.39, 0.29) is 5.41 Å². The fourth-order valence-corrected chi connectivity index (χ4v) is 8.96. The highest BCUT2D eigenvalue weighted by Crippen LogP contribution is 2.40. The van der Waals surface area contributed by atoms with E-state index in [1.54, 1.807) is 0 Å². The van der Waals surface area contributed by atoms with Gasteiger partial charge in [-0.1, -0.05) is 322 Å². The number of unbranched alkanes of at least 4 members (excludes halogenated alkanes) is 1. The normalized spacial score (nSPS) is 11.2. The second-order valence-corrected chi connectivity index (χ2v) is 22.3. The van der Waals surface area contributed by atoms with Gasteiger partial charge in [-0.25, -0.2) is 0 Å². The lowest BCUT2D eigenvalue weighted by molar-refractivity contribution is 0.591. The summed E-state index contributed by atoms with van der Waals surface area (Å²) in [5.74, 6) is 0. The second kappa shape index (κ2) is 50.0. The van der Waals surface area contributed by atoms with Crippen LogP contribution in [0, 0.1) is 41.5 Å². The molecule has 0 atom stereocenters. The van der Waals surface area contributed by atoms with Gasteiger partial charge in [-0.3, -0.25) is 0 Å². The molecule has 0 aromatic heterocycles. The van der Waals surface area contributed by atoms with Crippen molar-refractivity contribution in [3.63, 3.8) is 0 Å². The van der Waals surface area contributed by atoms with Gasteiger partial charge in [0.25, 0.3) is 0 Å². The van der Waals surface area contributed by atoms with Gasteiger partial charge < -0.3 is 0 Å². The molecule has 0 nitrogen and oxygen atoms in total. The van der Waals surface area contributed by atoms with Crippen LogP contribution in [-0.2, 0) is 11.8 Å². The summed E-state index contributed by atoms with van der Waals surface area (Å²) < 4.78 is 0. The van der Waals surface area contributed by atoms with E-state index in [0.717, 1.165) is 25.7 Å². The Morgan fingerprint density at radius 2 is 0.941 bits per heavy atom. The van der Waals surface area contributed by atoms with Gasteiger partial charge in [-0.05, 0) is 210 Å². The van der Waals surface area contributed by atoms with Crippen LogP contribution in [0.1, 0.15) is 253 Å². The van der Waals surface area contributed by atoms with Crippen molar-refractivity contribution < 1.29 is 0 Å². The Labute approximate surface area is 529 Å². The van der Waals surface area contributed by atoms with Gasteiger partial charge in [0, 0.05) is 0 Å². The van der Waals surface area contributed by atoms with E-state index in [0.29, 0.717) is 0 Å². The van der Waals surface area contributed by atoms with Crippen molar-refractivity contribution in [1.29, 1.82) is 0 Å². The Kier molecular flexibility index (Phi) is 48.8. The summed E-state index contributed by atoms with van der Waals surface area (Å²) in [6.07, 6.45) is 26.5. The molecule has 0 heteroatoms. The van der Waals surface area contributed by atoms with E-state index in [9.17, 15) is 0 Å². The van der Waals surface area contributed by atoms with Crippen LogP contribution in [0.15, 0.2) is 181 Å². The van der Waals surface area contributed by atoms with Gasteiger partial charge in [-0.15, -0.1) is 0 Å². The third-order valence-corrected chi connectivity index (χ3v) is 14.0. The molecule has 85 heavy (non-hydrogen) atoms. The van der Waals surface area contributed by atoms with Gasteiger partial charge in [0.15, 0.2) is 0 Å². The molecular formula is C85H128. The zero-order chi connectivity index (χ0) is 65.5. The smallest absolute Gasteiger partial charge is 0.00998 e. The average molecular weight is 1150 g/mol. The maximum absolute atomic E-state index is 2.37. The average Bonchev–Trinajstić information content (AvgIpc) is 3.70. The maximum atomic E-state index is 2.37. The molecule has 468 valence electrons. The van der Waals surface area contributed by atoms with E-state index in [1.807, 2.05) is 53.7 Å². The first-order valence-electron chi connectivity index (χ1n) is 33.0. The molecule has 0 bridgehead atoms. The highest BCUT2D eigenvalue weighted by molar-refractivity contribution is 5.89. The zero-order valence-corrected chi connectivity index (χ0v) is 60.3. The van der Waals surface area contributed by atoms with Crippen LogP contribution in [-0.4, -0.2) is 0 Å². The zero-order valence-electron chi connectivity index (χ0n) is 60.3. The van der Waals surface area contributed by atoms with Crippen LogP contribution in [0.25, 0.3) is 44.5 Å². The first kappa shape index (κ1) is 83.0. The fourth-order valence-electron chi connectivity index (χ4n) is 8.96. The lowest BCUT2D eigenvalue weighted by atomic mass is 9.80. The monoisotopic (exact) mass is 1150 g/mol. The van der Waals surface area contributed by atoms with Gasteiger partial charge in [0.2, 0.25) is 0 Å². The third kappa shape index (κ3) is 31.6. The summed E-state index contributed by atoms with van der Waals surface area (Å²) in [5, 5.41) is 0. The Morgan fingerprint density at radius 3 is 1.40 bits per heavy atom. The van der Waals surface area contributed by atoms with Crippen LogP contribution in [0.2, 0.25) is 0 Å². The molecule has 0 amide bonds. The predicted molar refractivity (Wildman–Crippen MR) is 397 cm³/mol. The molecule has 0 saturated carbocycles. The summed E-state index contributed by atoms with van der Waals surface area (Å²) in [7, 11) is 0. The molecule has 0 fully saturated rings. The first-order valence-corrected chi connectivity index (χ1v) is 33.0. The molecule has 0 aliphatic rings. The van der Waals surface area contributed by atoms with Crippen molar-refractivity contribution in [2.75, 3.05) is 0 Å². The van der Waals surface area contributed by atoms with E-state index in [4.69, 9.17) is 0 Å². The molecule has 6 rings (SSSR count). The molecule has 0 radical (unpaired) electrons. The van der Waals surface area contributed by atoms with E-state index >= 15 is 0 Å². The van der Waals surface area contributed by atoms with Crippen LogP contribution in [0.5, 0.6) is 0 Å². The van der Waals surface area contributed by atoms with Crippen molar-refractivity contribution in [1.82, 2.24) is 0 Å². The summed E-state index contributed by atoms with van der Waals surface area (Å²) in [4.78, 5) is 0. The van der Waals surface area contributed by atoms with E-state index in [2.05, 4.69) is 310 Å². The van der Waals surface area contributed by atoms with E-state index < -0.39 is 0 Å². The Morgan fingerprint density at radius 1 is 0.447 bits per heavy atom. The second-order valence-electron chi connectivity index (χ2n) is 22.3. The number of benzene rings is 6. The number of allylic oxidation sites excluding steroid dienone is 12. The Hall–Kier alpha value is -6.24. The minimum Gasteiger partial charge on any atom is -0.0919 e. The highest BCUT2D eigenvalue weighted by atomic mass is 14.2. The van der Waals surface area contributed by atoms with Gasteiger partial charge in [0.1, 0.15) is 0 Å². The molecule has 0 heterocycles. The van der Waals surface area contributed by atoms with Crippen LogP contribution in [0.3, 0.4) is 0 Å². The number of hydrogen-bond donors (Lipinski definition) is 0. The van der Waals surface area contributed by atoms with Crippen molar-refractivity contribution in [2.24, 2.45) is 0 Å². The highest BCUT2D eigenvalue weighted by Gasteiger charge is 2.20. The van der Waals surface area contributed by atoms with Crippen LogP contribution >= 0.6 is 0 Å². The topological polar surface area (TPSA) is 0 Å². The third-order valence-electron chi connectivity index (χ3n) is 14.0. The SMILES string of the molecule is C/C=C(\C)CC.C/C=C\C.C/C=C\C(=C/CC)c1ccc(C)cc1.C/C=C\C(C)=C(/CC)c1cccc(-c2cc(C)ccc2-c2cccc(C)c2CCC)c1C.CC.CC.CCC.CCCC.Cc1ccc(-c2ccccc2C)c(C(C)(C)C)c1. The number of aryl methyl sites for hydroxylation is 5. The minimum atomic E-state index is 0.170. The lowest BCUT2D eigenvalue weighted by Crippen LogP contribution is -2.13. The fraction of sp³-hybridized carbons (Fsp3) is 0.435. The number of rotatable bonds is 13. The maximum Gasteiger partial charge on any atom is -0.00998 e. The molecule has 0 aliphatic carbocycles. The molecule has 0 unspecified atom stereocenters.